The van der Waals surface area contributed by atoms with Gasteiger partial charge in [-0.25, -0.2) is 4.57 Å². The first-order chi connectivity index (χ1) is 11.3. The highest BCUT2D eigenvalue weighted by Gasteiger charge is 2.16. The monoisotopic (exact) mass is 348 g/mol. The van der Waals surface area contributed by atoms with E-state index in [9.17, 15) is 9.67 Å². The maximum atomic E-state index is 10.9. The first-order valence-corrected chi connectivity index (χ1v) is 9.24. The number of aromatic hydroxyl groups is 1. The molecule has 0 fully saturated rings. The second-order valence-corrected chi connectivity index (χ2v) is 6.48. The van der Waals surface area contributed by atoms with E-state index >= 15 is 0 Å². The van der Waals surface area contributed by atoms with Crippen molar-refractivity contribution in [3.05, 3.63) is 59.7 Å². The smallest absolute Gasteiger partial charge is 0.508 e. The van der Waals surface area contributed by atoms with Gasteiger partial charge in [-0.3, -0.25) is 9.79 Å². The molecule has 0 aromatic heterocycles. The molecule has 0 radical (unpaired) electrons. The summed E-state index contributed by atoms with van der Waals surface area (Å²) in [6, 6.07) is 13.8. The SMILES string of the molecule is CCC(=C(CC)c1ccc(OP(=O)(O)O)cc1)c1ccc(O)cc1. The molecule has 0 spiro atoms. The van der Waals surface area contributed by atoms with Gasteiger partial charge in [0.15, 0.2) is 0 Å². The molecule has 0 atom stereocenters. The summed E-state index contributed by atoms with van der Waals surface area (Å²) in [5.41, 5.74) is 4.33. The minimum absolute atomic E-state index is 0.130. The van der Waals surface area contributed by atoms with E-state index < -0.39 is 7.82 Å². The molecule has 3 N–H and O–H groups in total. The van der Waals surface area contributed by atoms with Crippen molar-refractivity contribution in [1.29, 1.82) is 0 Å². The van der Waals surface area contributed by atoms with Gasteiger partial charge in [0.1, 0.15) is 11.5 Å². The summed E-state index contributed by atoms with van der Waals surface area (Å²) < 4.78 is 15.5. The van der Waals surface area contributed by atoms with Crippen molar-refractivity contribution in [1.82, 2.24) is 0 Å². The first-order valence-electron chi connectivity index (χ1n) is 7.71. The van der Waals surface area contributed by atoms with Crippen LogP contribution in [0.1, 0.15) is 37.8 Å². The van der Waals surface area contributed by atoms with Gasteiger partial charge < -0.3 is 9.63 Å². The number of benzene rings is 2. The fraction of sp³-hybridized carbons (Fsp3) is 0.222. The summed E-state index contributed by atoms with van der Waals surface area (Å²) in [5, 5.41) is 9.45. The quantitative estimate of drug-likeness (QED) is 0.525. The van der Waals surface area contributed by atoms with Crippen molar-refractivity contribution in [3.63, 3.8) is 0 Å². The second kappa shape index (κ2) is 7.67. The number of phenols is 1. The van der Waals surface area contributed by atoms with Crippen LogP contribution in [-0.2, 0) is 4.57 Å². The molecule has 0 saturated carbocycles. The first kappa shape index (κ1) is 18.3. The lowest BCUT2D eigenvalue weighted by Crippen LogP contribution is -1.93. The summed E-state index contributed by atoms with van der Waals surface area (Å²) in [5.74, 6) is 0.358. The minimum atomic E-state index is -4.55. The van der Waals surface area contributed by atoms with Gasteiger partial charge in [-0.05, 0) is 59.4 Å². The molecule has 2 rings (SSSR count). The van der Waals surface area contributed by atoms with E-state index in [0.717, 1.165) is 29.5 Å². The summed E-state index contributed by atoms with van der Waals surface area (Å²) >= 11 is 0. The van der Waals surface area contributed by atoms with Crippen LogP contribution in [0.5, 0.6) is 11.5 Å². The lowest BCUT2D eigenvalue weighted by Gasteiger charge is -2.15. The van der Waals surface area contributed by atoms with Crippen LogP contribution in [0.25, 0.3) is 11.1 Å². The van der Waals surface area contributed by atoms with Crippen molar-refractivity contribution < 1.29 is 24.0 Å². The molecular weight excluding hydrogens is 327 g/mol. The maximum absolute atomic E-state index is 10.9. The fourth-order valence-corrected chi connectivity index (χ4v) is 3.10. The molecule has 5 nitrogen and oxygen atoms in total. The number of hydrogen-bond donors (Lipinski definition) is 3. The van der Waals surface area contributed by atoms with Crippen LogP contribution in [0, 0.1) is 0 Å². The number of allylic oxidation sites excluding steroid dienone is 2. The van der Waals surface area contributed by atoms with Crippen molar-refractivity contribution in [3.8, 4) is 11.5 Å². The zero-order chi connectivity index (χ0) is 17.7. The zero-order valence-electron chi connectivity index (χ0n) is 13.6. The highest BCUT2D eigenvalue weighted by atomic mass is 31.2. The molecule has 0 unspecified atom stereocenters. The second-order valence-electron chi connectivity index (χ2n) is 5.32. The van der Waals surface area contributed by atoms with E-state index in [2.05, 4.69) is 18.4 Å². The predicted molar refractivity (Wildman–Crippen MR) is 94.6 cm³/mol. The lowest BCUT2D eigenvalue weighted by atomic mass is 9.91. The van der Waals surface area contributed by atoms with Crippen molar-refractivity contribution in [2.45, 2.75) is 26.7 Å². The van der Waals surface area contributed by atoms with Gasteiger partial charge in [0.25, 0.3) is 0 Å². The molecule has 6 heteroatoms. The summed E-state index contributed by atoms with van der Waals surface area (Å²) in [6.07, 6.45) is 1.64. The fourth-order valence-electron chi connectivity index (χ4n) is 2.70. The Balaban J connectivity index is 2.41. The van der Waals surface area contributed by atoms with Crippen LogP contribution in [0.3, 0.4) is 0 Å². The average molecular weight is 348 g/mol. The van der Waals surface area contributed by atoms with Crippen LogP contribution in [-0.4, -0.2) is 14.9 Å². The topological polar surface area (TPSA) is 87.0 Å². The molecule has 2 aromatic rings. The highest BCUT2D eigenvalue weighted by Crippen LogP contribution is 2.38. The van der Waals surface area contributed by atoms with Gasteiger partial charge in [-0.15, -0.1) is 0 Å². The van der Waals surface area contributed by atoms with E-state index in [1.165, 1.54) is 5.57 Å². The highest BCUT2D eigenvalue weighted by molar-refractivity contribution is 7.46. The van der Waals surface area contributed by atoms with Gasteiger partial charge >= 0.3 is 7.82 Å². The number of rotatable bonds is 6. The predicted octanol–water partition coefficient (Wildman–Crippen LogP) is 4.59. The summed E-state index contributed by atoms with van der Waals surface area (Å²) in [4.78, 5) is 17.7. The van der Waals surface area contributed by atoms with E-state index in [1.54, 1.807) is 36.4 Å². The number of hydrogen-bond acceptors (Lipinski definition) is 3. The third-order valence-corrected chi connectivity index (χ3v) is 4.16. The Morgan fingerprint density at radius 1 is 0.875 bits per heavy atom. The molecule has 0 saturated heterocycles. The van der Waals surface area contributed by atoms with Crippen molar-refractivity contribution >= 4 is 19.0 Å². The van der Waals surface area contributed by atoms with Gasteiger partial charge in [-0.1, -0.05) is 38.1 Å². The molecule has 24 heavy (non-hydrogen) atoms. The van der Waals surface area contributed by atoms with Crippen LogP contribution < -0.4 is 4.52 Å². The van der Waals surface area contributed by atoms with Crippen LogP contribution in [0.4, 0.5) is 0 Å². The maximum Gasteiger partial charge on any atom is 0.524 e. The molecule has 2 aromatic carbocycles. The zero-order valence-corrected chi connectivity index (χ0v) is 14.5. The molecule has 0 aliphatic carbocycles. The Kier molecular flexibility index (Phi) is 5.84. The summed E-state index contributed by atoms with van der Waals surface area (Å²) in [7, 11) is -4.55. The van der Waals surface area contributed by atoms with Gasteiger partial charge in [0.2, 0.25) is 0 Å². The molecular formula is C18H21O5P. The minimum Gasteiger partial charge on any atom is -0.508 e. The van der Waals surface area contributed by atoms with E-state index in [0.29, 0.717) is 0 Å². The molecule has 0 aliphatic heterocycles. The molecule has 0 amide bonds. The Labute approximate surface area is 141 Å². The van der Waals surface area contributed by atoms with Gasteiger partial charge in [0, 0.05) is 0 Å². The van der Waals surface area contributed by atoms with E-state index in [-0.39, 0.29) is 11.5 Å². The Bertz CT molecular complexity index is 757. The largest absolute Gasteiger partial charge is 0.524 e. The van der Waals surface area contributed by atoms with Gasteiger partial charge in [0.05, 0.1) is 0 Å². The number of phenolic OH excluding ortho intramolecular Hbond substituents is 1. The van der Waals surface area contributed by atoms with Gasteiger partial charge in [-0.2, -0.15) is 0 Å². The Hall–Kier alpha value is -2.07. The molecule has 128 valence electrons. The molecule has 0 bridgehead atoms. The van der Waals surface area contributed by atoms with E-state index in [1.807, 2.05) is 12.1 Å². The Morgan fingerprint density at radius 2 is 1.29 bits per heavy atom. The average Bonchev–Trinajstić information content (AvgIpc) is 2.53. The Morgan fingerprint density at radius 3 is 1.67 bits per heavy atom. The number of phosphoric ester groups is 1. The third kappa shape index (κ3) is 4.71. The van der Waals surface area contributed by atoms with Crippen LogP contribution >= 0.6 is 7.82 Å². The lowest BCUT2D eigenvalue weighted by molar-refractivity contribution is 0.283. The van der Waals surface area contributed by atoms with Crippen LogP contribution in [0.15, 0.2) is 48.5 Å². The standard InChI is InChI=1S/C18H21O5P/c1-3-17(13-5-9-15(19)10-6-13)18(4-2)14-7-11-16(12-8-14)23-24(20,21)22/h5-12,19H,3-4H2,1-2H3,(H2,20,21,22). The molecule has 0 heterocycles. The number of phosphoric acid groups is 1. The summed E-state index contributed by atoms with van der Waals surface area (Å²) in [6.45, 7) is 4.13. The van der Waals surface area contributed by atoms with Crippen molar-refractivity contribution in [2.24, 2.45) is 0 Å². The van der Waals surface area contributed by atoms with Crippen LogP contribution in [0.2, 0.25) is 0 Å². The normalized spacial score (nSPS) is 12.7. The molecule has 0 aliphatic rings. The third-order valence-electron chi connectivity index (χ3n) is 3.71. The van der Waals surface area contributed by atoms with E-state index in [4.69, 9.17) is 9.79 Å². The van der Waals surface area contributed by atoms with Crippen molar-refractivity contribution in [2.75, 3.05) is 0 Å².